The van der Waals surface area contributed by atoms with Crippen molar-refractivity contribution in [1.82, 2.24) is 10.2 Å². The number of hydrogen-bond acceptors (Lipinski definition) is 5. The number of carbonyl (C=O) groups is 1. The number of piperidine rings is 1. The first-order valence-corrected chi connectivity index (χ1v) is 10.3. The highest BCUT2D eigenvalue weighted by molar-refractivity contribution is 7.90. The molecule has 1 unspecified atom stereocenters. The third kappa shape index (κ3) is 6.93. The summed E-state index contributed by atoms with van der Waals surface area (Å²) < 4.78 is 23.1. The van der Waals surface area contributed by atoms with E-state index in [2.05, 4.69) is 10.2 Å². The molecule has 0 spiro atoms. The van der Waals surface area contributed by atoms with E-state index in [4.69, 9.17) is 5.73 Å². The highest BCUT2D eigenvalue weighted by Gasteiger charge is 2.23. The standard InChI is InChI=1S/C17H27N3O3S.ClH/c1-24(22,23)16-7-5-14(6-8-16)13-20-11-3-2-4-15(20)12-19-17(21)9-10-18;/h5-8,15H,2-4,9-13,18H2,1H3,(H,19,21);1H. The molecule has 0 saturated carbocycles. The minimum atomic E-state index is -3.16. The molecule has 3 N–H and O–H groups in total. The molecule has 1 aromatic rings. The van der Waals surface area contributed by atoms with Gasteiger partial charge in [-0.1, -0.05) is 18.6 Å². The van der Waals surface area contributed by atoms with Crippen molar-refractivity contribution in [2.24, 2.45) is 5.73 Å². The molecule has 142 valence electrons. The van der Waals surface area contributed by atoms with Crippen LogP contribution in [0.15, 0.2) is 29.2 Å². The normalized spacial score (nSPS) is 18.4. The summed E-state index contributed by atoms with van der Waals surface area (Å²) in [6.45, 7) is 2.76. The summed E-state index contributed by atoms with van der Waals surface area (Å²) >= 11 is 0. The van der Waals surface area contributed by atoms with E-state index in [1.807, 2.05) is 12.1 Å². The number of benzene rings is 1. The number of rotatable bonds is 7. The maximum Gasteiger partial charge on any atom is 0.221 e. The number of nitrogens with two attached hydrogens (primary N) is 1. The number of sulfone groups is 1. The maximum absolute atomic E-state index is 11.6. The third-order valence-corrected chi connectivity index (χ3v) is 5.52. The molecule has 25 heavy (non-hydrogen) atoms. The second-order valence-electron chi connectivity index (χ2n) is 6.38. The van der Waals surface area contributed by atoms with Crippen molar-refractivity contribution in [3.63, 3.8) is 0 Å². The van der Waals surface area contributed by atoms with Gasteiger partial charge >= 0.3 is 0 Å². The lowest BCUT2D eigenvalue weighted by Gasteiger charge is -2.36. The number of nitrogens with zero attached hydrogens (tertiary/aromatic N) is 1. The molecule has 1 amide bonds. The maximum atomic E-state index is 11.6. The lowest BCUT2D eigenvalue weighted by Crippen LogP contribution is -2.46. The van der Waals surface area contributed by atoms with E-state index in [0.717, 1.165) is 31.5 Å². The van der Waals surface area contributed by atoms with E-state index in [0.29, 0.717) is 30.4 Å². The molecule has 1 heterocycles. The Kier molecular flexibility index (Phi) is 8.85. The molecule has 1 aromatic carbocycles. The second-order valence-corrected chi connectivity index (χ2v) is 8.39. The number of halogens is 1. The Bertz CT molecular complexity index is 650. The molecule has 2 rings (SSSR count). The van der Waals surface area contributed by atoms with Gasteiger partial charge in [0.1, 0.15) is 0 Å². The van der Waals surface area contributed by atoms with Gasteiger partial charge in [0.05, 0.1) is 4.90 Å². The predicted octanol–water partition coefficient (Wildman–Crippen LogP) is 1.33. The van der Waals surface area contributed by atoms with Crippen molar-refractivity contribution in [3.05, 3.63) is 29.8 Å². The third-order valence-electron chi connectivity index (χ3n) is 4.39. The first-order chi connectivity index (χ1) is 11.4. The van der Waals surface area contributed by atoms with Crippen molar-refractivity contribution >= 4 is 28.2 Å². The fourth-order valence-electron chi connectivity index (χ4n) is 3.03. The van der Waals surface area contributed by atoms with Gasteiger partial charge in [-0.05, 0) is 37.1 Å². The van der Waals surface area contributed by atoms with Gasteiger partial charge < -0.3 is 11.1 Å². The summed E-state index contributed by atoms with van der Waals surface area (Å²) in [5.41, 5.74) is 6.48. The summed E-state index contributed by atoms with van der Waals surface area (Å²) in [7, 11) is -3.16. The van der Waals surface area contributed by atoms with Crippen molar-refractivity contribution in [2.75, 3.05) is 25.9 Å². The summed E-state index contributed by atoms with van der Waals surface area (Å²) in [5, 5.41) is 2.96. The molecule has 1 atom stereocenters. The molecule has 1 saturated heterocycles. The first kappa shape index (κ1) is 21.9. The Morgan fingerprint density at radius 1 is 1.28 bits per heavy atom. The van der Waals surface area contributed by atoms with Gasteiger partial charge in [0, 0.05) is 38.4 Å². The Morgan fingerprint density at radius 3 is 2.56 bits per heavy atom. The van der Waals surface area contributed by atoms with Crippen LogP contribution < -0.4 is 11.1 Å². The van der Waals surface area contributed by atoms with Crippen molar-refractivity contribution in [2.45, 2.75) is 43.2 Å². The van der Waals surface area contributed by atoms with E-state index in [9.17, 15) is 13.2 Å². The van der Waals surface area contributed by atoms with Crippen molar-refractivity contribution < 1.29 is 13.2 Å². The van der Waals surface area contributed by atoms with Gasteiger partial charge in [-0.25, -0.2) is 8.42 Å². The summed E-state index contributed by atoms with van der Waals surface area (Å²) in [6.07, 6.45) is 4.95. The van der Waals surface area contributed by atoms with E-state index in [1.54, 1.807) is 12.1 Å². The van der Waals surface area contributed by atoms with Gasteiger partial charge in [0.2, 0.25) is 5.91 Å². The molecular weight excluding hydrogens is 362 g/mol. The van der Waals surface area contributed by atoms with Gasteiger partial charge in [0.25, 0.3) is 0 Å². The van der Waals surface area contributed by atoms with E-state index < -0.39 is 9.84 Å². The van der Waals surface area contributed by atoms with Gasteiger partial charge in [-0.2, -0.15) is 0 Å². The molecule has 0 radical (unpaired) electrons. The quantitative estimate of drug-likeness (QED) is 0.733. The van der Waals surface area contributed by atoms with Crippen LogP contribution in [0.25, 0.3) is 0 Å². The zero-order valence-corrected chi connectivity index (χ0v) is 16.2. The zero-order chi connectivity index (χ0) is 17.6. The fourth-order valence-corrected chi connectivity index (χ4v) is 3.66. The number of carbonyl (C=O) groups excluding carboxylic acids is 1. The average molecular weight is 390 g/mol. The van der Waals surface area contributed by atoms with Crippen LogP contribution >= 0.6 is 12.4 Å². The lowest BCUT2D eigenvalue weighted by molar-refractivity contribution is -0.121. The van der Waals surface area contributed by atoms with E-state index in [-0.39, 0.29) is 18.3 Å². The van der Waals surface area contributed by atoms with Crippen molar-refractivity contribution in [1.29, 1.82) is 0 Å². The van der Waals surface area contributed by atoms with Gasteiger partial charge in [-0.15, -0.1) is 12.4 Å². The van der Waals surface area contributed by atoms with E-state index >= 15 is 0 Å². The fraction of sp³-hybridized carbons (Fsp3) is 0.588. The topological polar surface area (TPSA) is 92.5 Å². The summed E-state index contributed by atoms with van der Waals surface area (Å²) in [6, 6.07) is 7.37. The van der Waals surface area contributed by atoms with Crippen LogP contribution in [0, 0.1) is 0 Å². The number of likely N-dealkylation sites (tertiary alicyclic amines) is 1. The SMILES string of the molecule is CS(=O)(=O)c1ccc(CN2CCCCC2CNC(=O)CCN)cc1.Cl. The number of amides is 1. The van der Waals surface area contributed by atoms with Crippen LogP contribution in [0.5, 0.6) is 0 Å². The first-order valence-electron chi connectivity index (χ1n) is 8.40. The molecule has 1 aliphatic rings. The summed E-state index contributed by atoms with van der Waals surface area (Å²) in [4.78, 5) is 14.3. The molecular formula is C17H28ClN3O3S. The van der Waals surface area contributed by atoms with Crippen LogP contribution in [-0.4, -0.2) is 51.2 Å². The molecule has 1 aliphatic heterocycles. The smallest absolute Gasteiger partial charge is 0.221 e. The molecule has 0 aromatic heterocycles. The Balaban J connectivity index is 0.00000312. The zero-order valence-electron chi connectivity index (χ0n) is 14.6. The number of hydrogen-bond donors (Lipinski definition) is 2. The molecule has 0 aliphatic carbocycles. The van der Waals surface area contributed by atoms with Crippen molar-refractivity contribution in [3.8, 4) is 0 Å². The molecule has 6 nitrogen and oxygen atoms in total. The number of nitrogens with one attached hydrogen (secondary N) is 1. The van der Waals surface area contributed by atoms with Gasteiger partial charge in [-0.3, -0.25) is 9.69 Å². The minimum Gasteiger partial charge on any atom is -0.354 e. The minimum absolute atomic E-state index is 0. The predicted molar refractivity (Wildman–Crippen MR) is 102 cm³/mol. The highest BCUT2D eigenvalue weighted by Crippen LogP contribution is 2.20. The molecule has 1 fully saturated rings. The lowest BCUT2D eigenvalue weighted by atomic mass is 10.0. The van der Waals surface area contributed by atoms with Crippen LogP contribution in [0.4, 0.5) is 0 Å². The van der Waals surface area contributed by atoms with Crippen LogP contribution in [0.2, 0.25) is 0 Å². The largest absolute Gasteiger partial charge is 0.354 e. The Labute approximate surface area is 156 Å². The Morgan fingerprint density at radius 2 is 1.96 bits per heavy atom. The monoisotopic (exact) mass is 389 g/mol. The van der Waals surface area contributed by atoms with Crippen LogP contribution in [-0.2, 0) is 21.2 Å². The summed E-state index contributed by atoms with van der Waals surface area (Å²) in [5.74, 6) is 0.000490. The molecule has 0 bridgehead atoms. The second kappa shape index (κ2) is 10.1. The van der Waals surface area contributed by atoms with E-state index in [1.165, 1.54) is 12.7 Å². The van der Waals surface area contributed by atoms with Crippen LogP contribution in [0.1, 0.15) is 31.2 Å². The molecule has 8 heteroatoms. The highest BCUT2D eigenvalue weighted by atomic mass is 35.5. The average Bonchev–Trinajstić information content (AvgIpc) is 2.54. The van der Waals surface area contributed by atoms with Crippen LogP contribution in [0.3, 0.4) is 0 Å². The van der Waals surface area contributed by atoms with Gasteiger partial charge in [0.15, 0.2) is 9.84 Å². The Hall–Kier alpha value is -1.15.